The largest absolute Gasteiger partial charge is 0.465 e. The minimum Gasteiger partial charge on any atom is -0.465 e. The van der Waals surface area contributed by atoms with E-state index in [9.17, 15) is 4.79 Å². The van der Waals surface area contributed by atoms with Gasteiger partial charge in [-0.15, -0.1) is 0 Å². The van der Waals surface area contributed by atoms with Crippen molar-refractivity contribution in [1.29, 1.82) is 0 Å². The third kappa shape index (κ3) is 3.81. The molecule has 0 saturated heterocycles. The summed E-state index contributed by atoms with van der Waals surface area (Å²) in [5.74, 6) is -0.364. The predicted molar refractivity (Wildman–Crippen MR) is 83.6 cm³/mol. The Hall–Kier alpha value is -2.36. The van der Waals surface area contributed by atoms with E-state index in [0.717, 1.165) is 11.4 Å². The summed E-state index contributed by atoms with van der Waals surface area (Å²) in [6.45, 7) is 4.87. The zero-order valence-corrected chi connectivity index (χ0v) is 12.9. The molecule has 0 bridgehead atoms. The molecule has 0 amide bonds. The number of methoxy groups -OCH3 is 1. The Morgan fingerprint density at radius 1 is 1.19 bits per heavy atom. The molecule has 0 atom stereocenters. The maximum atomic E-state index is 11.4. The summed E-state index contributed by atoms with van der Waals surface area (Å²) >= 11 is 0. The number of ether oxygens (including phenoxy) is 1. The molecule has 4 nitrogen and oxygen atoms in total. The average molecular weight is 284 g/mol. The van der Waals surface area contributed by atoms with Crippen LogP contribution in [0.25, 0.3) is 0 Å². The molecule has 0 N–H and O–H groups in total. The molecule has 2 aromatic rings. The Morgan fingerprint density at radius 2 is 1.86 bits per heavy atom. The topological polar surface area (TPSA) is 42.4 Å². The van der Waals surface area contributed by atoms with Crippen molar-refractivity contribution in [2.45, 2.75) is 20.4 Å². The number of esters is 1. The van der Waals surface area contributed by atoms with Crippen molar-refractivity contribution in [2.24, 2.45) is 0 Å². The molecular weight excluding hydrogens is 264 g/mol. The van der Waals surface area contributed by atoms with Gasteiger partial charge in [0.2, 0.25) is 0 Å². The van der Waals surface area contributed by atoms with Gasteiger partial charge >= 0.3 is 5.97 Å². The van der Waals surface area contributed by atoms with Gasteiger partial charge in [-0.1, -0.05) is 6.07 Å². The molecule has 0 aliphatic rings. The second kappa shape index (κ2) is 6.39. The van der Waals surface area contributed by atoms with Crippen LogP contribution in [-0.2, 0) is 11.3 Å². The van der Waals surface area contributed by atoms with Crippen molar-refractivity contribution in [3.05, 3.63) is 58.9 Å². The summed E-state index contributed by atoms with van der Waals surface area (Å²) in [6.07, 6.45) is 1.55. The fourth-order valence-corrected chi connectivity index (χ4v) is 2.26. The highest BCUT2D eigenvalue weighted by Crippen LogP contribution is 2.19. The van der Waals surface area contributed by atoms with Gasteiger partial charge in [0.25, 0.3) is 0 Å². The van der Waals surface area contributed by atoms with Crippen molar-refractivity contribution in [1.82, 2.24) is 4.98 Å². The number of carbonyl (C=O) groups excluding carboxylic acids is 1. The van der Waals surface area contributed by atoms with Crippen molar-refractivity contribution in [3.63, 3.8) is 0 Å². The van der Waals surface area contributed by atoms with E-state index in [4.69, 9.17) is 0 Å². The minimum atomic E-state index is -0.364. The summed E-state index contributed by atoms with van der Waals surface area (Å²) in [7, 11) is 3.40. The molecule has 21 heavy (non-hydrogen) atoms. The van der Waals surface area contributed by atoms with E-state index in [0.29, 0.717) is 12.1 Å². The first-order valence-corrected chi connectivity index (χ1v) is 6.82. The standard InChI is InChI=1S/C17H20N2O2/c1-12-7-13(2)9-16(8-12)19(3)11-15-6-5-14(10-18-15)17(20)21-4/h5-10H,11H2,1-4H3. The Labute approximate surface area is 125 Å². The molecule has 0 aliphatic heterocycles. The van der Waals surface area contributed by atoms with Gasteiger partial charge in [-0.25, -0.2) is 4.79 Å². The molecule has 4 heteroatoms. The van der Waals surface area contributed by atoms with Crippen LogP contribution in [-0.4, -0.2) is 25.1 Å². The molecule has 110 valence electrons. The van der Waals surface area contributed by atoms with Gasteiger partial charge in [0.15, 0.2) is 0 Å². The molecule has 0 saturated carbocycles. The van der Waals surface area contributed by atoms with Crippen LogP contribution >= 0.6 is 0 Å². The van der Waals surface area contributed by atoms with Gasteiger partial charge < -0.3 is 9.64 Å². The van der Waals surface area contributed by atoms with E-state index in [-0.39, 0.29) is 5.97 Å². The molecular formula is C17H20N2O2. The van der Waals surface area contributed by atoms with Crippen LogP contribution in [0.15, 0.2) is 36.5 Å². The highest BCUT2D eigenvalue weighted by molar-refractivity contribution is 5.88. The molecule has 0 spiro atoms. The first-order chi connectivity index (χ1) is 9.99. The fourth-order valence-electron chi connectivity index (χ4n) is 2.26. The number of carbonyl (C=O) groups is 1. The lowest BCUT2D eigenvalue weighted by Gasteiger charge is -2.20. The van der Waals surface area contributed by atoms with Crippen LogP contribution in [0.5, 0.6) is 0 Å². The second-order valence-electron chi connectivity index (χ2n) is 5.23. The number of hydrogen-bond acceptors (Lipinski definition) is 4. The SMILES string of the molecule is COC(=O)c1ccc(CN(C)c2cc(C)cc(C)c2)nc1. The molecule has 0 aliphatic carbocycles. The lowest BCUT2D eigenvalue weighted by molar-refractivity contribution is 0.0600. The third-order valence-electron chi connectivity index (χ3n) is 3.29. The van der Waals surface area contributed by atoms with Gasteiger partial charge in [-0.3, -0.25) is 4.98 Å². The summed E-state index contributed by atoms with van der Waals surface area (Å²) in [5, 5.41) is 0. The number of rotatable bonds is 4. The van der Waals surface area contributed by atoms with Crippen molar-refractivity contribution < 1.29 is 9.53 Å². The lowest BCUT2D eigenvalue weighted by Crippen LogP contribution is -2.17. The molecule has 0 unspecified atom stereocenters. The first kappa shape index (κ1) is 15.0. The van der Waals surface area contributed by atoms with Crippen molar-refractivity contribution in [2.75, 3.05) is 19.1 Å². The Morgan fingerprint density at radius 3 is 2.38 bits per heavy atom. The highest BCUT2D eigenvalue weighted by atomic mass is 16.5. The van der Waals surface area contributed by atoms with E-state index < -0.39 is 0 Å². The third-order valence-corrected chi connectivity index (χ3v) is 3.29. The normalized spacial score (nSPS) is 10.3. The van der Waals surface area contributed by atoms with Crippen molar-refractivity contribution >= 4 is 11.7 Å². The zero-order valence-electron chi connectivity index (χ0n) is 12.9. The van der Waals surface area contributed by atoms with Crippen LogP contribution in [0, 0.1) is 13.8 Å². The van der Waals surface area contributed by atoms with E-state index in [2.05, 4.69) is 46.7 Å². The van der Waals surface area contributed by atoms with E-state index in [1.54, 1.807) is 12.3 Å². The predicted octanol–water partition coefficient (Wildman–Crippen LogP) is 3.12. The summed E-state index contributed by atoms with van der Waals surface area (Å²) in [5.41, 5.74) is 5.02. The average Bonchev–Trinajstić information content (AvgIpc) is 2.46. The quantitative estimate of drug-likeness (QED) is 0.809. The Bertz CT molecular complexity index is 615. The van der Waals surface area contributed by atoms with Gasteiger partial charge in [0.1, 0.15) is 0 Å². The van der Waals surface area contributed by atoms with Gasteiger partial charge in [-0.05, 0) is 49.2 Å². The van der Waals surface area contributed by atoms with Gasteiger partial charge in [0.05, 0.1) is 24.9 Å². The highest BCUT2D eigenvalue weighted by Gasteiger charge is 2.08. The van der Waals surface area contributed by atoms with Crippen LogP contribution < -0.4 is 4.90 Å². The molecule has 0 fully saturated rings. The number of pyridine rings is 1. The smallest absolute Gasteiger partial charge is 0.339 e. The summed E-state index contributed by atoms with van der Waals surface area (Å²) in [4.78, 5) is 17.8. The zero-order chi connectivity index (χ0) is 15.4. The number of aromatic nitrogens is 1. The first-order valence-electron chi connectivity index (χ1n) is 6.82. The molecule has 2 rings (SSSR count). The van der Waals surface area contributed by atoms with Gasteiger partial charge in [0, 0.05) is 18.9 Å². The number of benzene rings is 1. The lowest BCUT2D eigenvalue weighted by atomic mass is 10.1. The van der Waals surface area contributed by atoms with E-state index >= 15 is 0 Å². The summed E-state index contributed by atoms with van der Waals surface area (Å²) < 4.78 is 4.66. The maximum Gasteiger partial charge on any atom is 0.339 e. The fraction of sp³-hybridized carbons (Fsp3) is 0.294. The molecule has 1 aromatic carbocycles. The number of anilines is 1. The number of nitrogens with zero attached hydrogens (tertiary/aromatic N) is 2. The molecule has 1 heterocycles. The van der Waals surface area contributed by atoms with Crippen LogP contribution in [0.4, 0.5) is 5.69 Å². The maximum absolute atomic E-state index is 11.4. The van der Waals surface area contributed by atoms with Gasteiger partial charge in [-0.2, -0.15) is 0 Å². The van der Waals surface area contributed by atoms with E-state index in [1.165, 1.54) is 18.2 Å². The second-order valence-corrected chi connectivity index (χ2v) is 5.23. The van der Waals surface area contributed by atoms with Crippen molar-refractivity contribution in [3.8, 4) is 0 Å². The van der Waals surface area contributed by atoms with Crippen LogP contribution in [0.2, 0.25) is 0 Å². The number of aryl methyl sites for hydroxylation is 2. The molecule has 1 aromatic heterocycles. The Kier molecular flexibility index (Phi) is 4.58. The number of hydrogen-bond donors (Lipinski definition) is 0. The molecule has 0 radical (unpaired) electrons. The summed E-state index contributed by atoms with van der Waals surface area (Å²) in [6, 6.07) is 10.0. The minimum absolute atomic E-state index is 0.364. The van der Waals surface area contributed by atoms with Crippen LogP contribution in [0.1, 0.15) is 27.2 Å². The monoisotopic (exact) mass is 284 g/mol. The van der Waals surface area contributed by atoms with Crippen LogP contribution in [0.3, 0.4) is 0 Å². The Balaban J connectivity index is 2.12. The van der Waals surface area contributed by atoms with E-state index in [1.807, 2.05) is 13.1 Å².